The van der Waals surface area contributed by atoms with Crippen molar-refractivity contribution in [1.82, 2.24) is 37.2 Å². The zero-order chi connectivity index (χ0) is 40.8. The van der Waals surface area contributed by atoms with Crippen LogP contribution in [0.25, 0.3) is 0 Å². The minimum atomic E-state index is -1.90. The Hall–Kier alpha value is -5.50. The molecular weight excluding hydrogens is 716 g/mol. The topological polar surface area (TPSA) is 434 Å². The quantitative estimate of drug-likeness (QED) is 0.0364. The third kappa shape index (κ3) is 19.1. The molecule has 53 heavy (non-hydrogen) atoms. The SMILES string of the molecule is C[C@@H](O)[C@H](NC(=O)[C@@H](N)CCCCN)C(=O)N[C@@H](CO)C(=O)NCC(=O)N[C@@H](CC(N)=O)C(=O)NCC(=O)N[C@@H](CO)C(=O)N[C@@H](CC(=O)O)C(=O)O. The molecule has 8 amide bonds. The molecule has 0 aromatic heterocycles. The van der Waals surface area contributed by atoms with Crippen molar-refractivity contribution in [2.24, 2.45) is 17.2 Å². The lowest BCUT2D eigenvalue weighted by Gasteiger charge is -2.25. The van der Waals surface area contributed by atoms with Crippen LogP contribution in [-0.2, 0) is 47.9 Å². The lowest BCUT2D eigenvalue weighted by atomic mass is 10.1. The number of rotatable bonds is 26. The molecule has 0 fully saturated rings. The first-order chi connectivity index (χ1) is 24.8. The van der Waals surface area contributed by atoms with Crippen molar-refractivity contribution in [3.8, 4) is 0 Å². The molecule has 18 N–H and O–H groups in total. The molecule has 0 heterocycles. The van der Waals surface area contributed by atoms with E-state index in [9.17, 15) is 63.3 Å². The van der Waals surface area contributed by atoms with Crippen molar-refractivity contribution in [1.29, 1.82) is 0 Å². The average Bonchev–Trinajstić information content (AvgIpc) is 3.08. The van der Waals surface area contributed by atoms with Crippen molar-refractivity contribution >= 4 is 59.2 Å². The van der Waals surface area contributed by atoms with Crippen LogP contribution < -0.4 is 54.4 Å². The molecule has 0 unspecified atom stereocenters. The van der Waals surface area contributed by atoms with Crippen molar-refractivity contribution in [2.45, 2.75) is 81.4 Å². The van der Waals surface area contributed by atoms with E-state index in [-0.39, 0.29) is 6.42 Å². The average molecular weight is 765 g/mol. The number of unbranched alkanes of at least 4 members (excludes halogenated alkanes) is 1. The summed E-state index contributed by atoms with van der Waals surface area (Å²) >= 11 is 0. The second-order valence-corrected chi connectivity index (χ2v) is 11.4. The third-order valence-electron chi connectivity index (χ3n) is 6.92. The molecule has 0 saturated heterocycles. The van der Waals surface area contributed by atoms with Gasteiger partial charge in [-0.3, -0.25) is 43.2 Å². The molecule has 25 nitrogen and oxygen atoms in total. The molecule has 7 atom stereocenters. The van der Waals surface area contributed by atoms with Crippen molar-refractivity contribution in [3.63, 3.8) is 0 Å². The number of amides is 8. The number of nitrogens with one attached hydrogen (secondary N) is 7. The zero-order valence-electron chi connectivity index (χ0n) is 28.7. The molecule has 0 aliphatic carbocycles. The fourth-order valence-corrected chi connectivity index (χ4v) is 4.08. The maximum absolute atomic E-state index is 12.8. The van der Waals surface area contributed by atoms with E-state index in [1.165, 1.54) is 6.92 Å². The van der Waals surface area contributed by atoms with E-state index in [1.807, 2.05) is 16.0 Å². The van der Waals surface area contributed by atoms with Crippen LogP contribution in [0, 0.1) is 0 Å². The van der Waals surface area contributed by atoms with Crippen LogP contribution >= 0.6 is 0 Å². The van der Waals surface area contributed by atoms with E-state index in [4.69, 9.17) is 27.4 Å². The predicted molar refractivity (Wildman–Crippen MR) is 176 cm³/mol. The van der Waals surface area contributed by atoms with E-state index in [0.29, 0.717) is 19.4 Å². The first kappa shape index (κ1) is 47.5. The van der Waals surface area contributed by atoms with Gasteiger partial charge < -0.3 is 80.0 Å². The number of hydrogen-bond donors (Lipinski definition) is 15. The molecule has 0 spiro atoms. The van der Waals surface area contributed by atoms with Gasteiger partial charge in [0.1, 0.15) is 30.2 Å². The van der Waals surface area contributed by atoms with Gasteiger partial charge in [-0.15, -0.1) is 0 Å². The molecule has 300 valence electrons. The van der Waals surface area contributed by atoms with Gasteiger partial charge in [0.05, 0.1) is 51.3 Å². The summed E-state index contributed by atoms with van der Waals surface area (Å²) in [6, 6.07) is -9.73. The molecule has 0 aromatic rings. The van der Waals surface area contributed by atoms with Crippen LogP contribution in [0.5, 0.6) is 0 Å². The molecule has 0 bridgehead atoms. The predicted octanol–water partition coefficient (Wildman–Crippen LogP) is -9.10. The van der Waals surface area contributed by atoms with Gasteiger partial charge in [0, 0.05) is 0 Å². The first-order valence-electron chi connectivity index (χ1n) is 15.9. The van der Waals surface area contributed by atoms with Crippen LogP contribution in [0.2, 0.25) is 0 Å². The van der Waals surface area contributed by atoms with Gasteiger partial charge in [0.25, 0.3) is 0 Å². The van der Waals surface area contributed by atoms with E-state index in [0.717, 1.165) is 0 Å². The number of hydrogen-bond acceptors (Lipinski definition) is 15. The second-order valence-electron chi connectivity index (χ2n) is 11.4. The minimum absolute atomic E-state index is 0.236. The molecular formula is C28H48N10O15. The highest BCUT2D eigenvalue weighted by atomic mass is 16.4. The summed E-state index contributed by atoms with van der Waals surface area (Å²) in [5.74, 6) is -12.0. The van der Waals surface area contributed by atoms with Gasteiger partial charge in [-0.05, 0) is 26.3 Å². The fourth-order valence-electron chi connectivity index (χ4n) is 4.08. The fraction of sp³-hybridized carbons (Fsp3) is 0.643. The Balaban J connectivity index is 5.25. The van der Waals surface area contributed by atoms with E-state index in [2.05, 4.69) is 21.3 Å². The van der Waals surface area contributed by atoms with E-state index in [1.54, 1.807) is 0 Å². The number of carbonyl (C=O) groups excluding carboxylic acids is 8. The van der Waals surface area contributed by atoms with Gasteiger partial charge >= 0.3 is 11.9 Å². The number of aliphatic hydroxyl groups is 3. The van der Waals surface area contributed by atoms with Crippen molar-refractivity contribution in [3.05, 3.63) is 0 Å². The Labute approximate surface area is 301 Å². The van der Waals surface area contributed by atoms with Crippen LogP contribution in [0.1, 0.15) is 39.0 Å². The molecule has 0 aliphatic rings. The smallest absolute Gasteiger partial charge is 0.326 e. The number of nitrogens with two attached hydrogens (primary N) is 3. The second kappa shape index (κ2) is 24.6. The number of carbonyl (C=O) groups is 10. The van der Waals surface area contributed by atoms with Crippen molar-refractivity contribution in [2.75, 3.05) is 32.8 Å². The number of primary amides is 1. The molecule has 0 saturated carbocycles. The standard InChI is InChI=1S/C28H48N10O15/c1-12(41)22(38-23(47)13(30)4-2-3-5-29)27(51)37-16(10-39)25(49)33-8-19(43)34-14(6-18(31)42)24(48)32-9-20(44)35-17(11-40)26(50)36-15(28(52)53)7-21(45)46/h12-17,22,39-41H,2-11,29-30H2,1H3,(H2,31,42)(H,32,48)(H,33,49)(H,34,43)(H,35,44)(H,36,50)(H,37,51)(H,38,47)(H,45,46)(H,52,53)/t12-,13+,14+,15+,16+,17+,22+/m1/s1. The normalized spacial score (nSPS) is 14.7. The van der Waals surface area contributed by atoms with Gasteiger partial charge in [-0.1, -0.05) is 6.42 Å². The van der Waals surface area contributed by atoms with Crippen LogP contribution in [0.3, 0.4) is 0 Å². The van der Waals surface area contributed by atoms with Crippen LogP contribution in [0.4, 0.5) is 0 Å². The third-order valence-corrected chi connectivity index (χ3v) is 6.92. The van der Waals surface area contributed by atoms with Crippen LogP contribution in [0.15, 0.2) is 0 Å². The monoisotopic (exact) mass is 764 g/mol. The number of aliphatic carboxylic acids is 2. The van der Waals surface area contributed by atoms with Gasteiger partial charge in [-0.25, -0.2) is 4.79 Å². The Kier molecular flexibility index (Phi) is 22.1. The molecule has 25 heteroatoms. The van der Waals surface area contributed by atoms with Gasteiger partial charge in [0.15, 0.2) is 0 Å². The number of aliphatic hydroxyl groups excluding tert-OH is 3. The lowest BCUT2D eigenvalue weighted by molar-refractivity contribution is -0.147. The summed E-state index contributed by atoms with van der Waals surface area (Å²) in [5, 5.41) is 61.2. The molecule has 0 aromatic carbocycles. The van der Waals surface area contributed by atoms with E-state index >= 15 is 0 Å². The summed E-state index contributed by atoms with van der Waals surface area (Å²) in [7, 11) is 0. The largest absolute Gasteiger partial charge is 0.481 e. The number of carboxylic acid groups (broad SMARTS) is 2. The Morgan fingerprint density at radius 3 is 1.57 bits per heavy atom. The summed E-state index contributed by atoms with van der Waals surface area (Å²) in [4.78, 5) is 121. The summed E-state index contributed by atoms with van der Waals surface area (Å²) < 4.78 is 0. The zero-order valence-corrected chi connectivity index (χ0v) is 28.7. The van der Waals surface area contributed by atoms with Crippen molar-refractivity contribution < 1.29 is 73.5 Å². The molecule has 0 radical (unpaired) electrons. The van der Waals surface area contributed by atoms with Crippen LogP contribution in [-0.4, -0.2) is 160 Å². The highest BCUT2D eigenvalue weighted by molar-refractivity contribution is 5.97. The maximum Gasteiger partial charge on any atom is 0.326 e. The summed E-state index contributed by atoms with van der Waals surface area (Å²) in [6.45, 7) is -2.34. The maximum atomic E-state index is 12.8. The lowest BCUT2D eigenvalue weighted by Crippen LogP contribution is -2.60. The van der Waals surface area contributed by atoms with Gasteiger partial charge in [-0.2, -0.15) is 0 Å². The molecule has 0 rings (SSSR count). The Bertz CT molecular complexity index is 1330. The Morgan fingerprint density at radius 2 is 1.11 bits per heavy atom. The highest BCUT2D eigenvalue weighted by Gasteiger charge is 2.32. The first-order valence-corrected chi connectivity index (χ1v) is 15.9. The number of carboxylic acids is 2. The Morgan fingerprint density at radius 1 is 0.623 bits per heavy atom. The molecule has 0 aliphatic heterocycles. The highest BCUT2D eigenvalue weighted by Crippen LogP contribution is 2.02. The minimum Gasteiger partial charge on any atom is -0.481 e. The van der Waals surface area contributed by atoms with Gasteiger partial charge in [0.2, 0.25) is 47.3 Å². The summed E-state index contributed by atoms with van der Waals surface area (Å²) in [6.07, 6.45) is -1.95. The summed E-state index contributed by atoms with van der Waals surface area (Å²) in [5.41, 5.74) is 16.3. The van der Waals surface area contributed by atoms with E-state index < -0.39 is 141 Å².